The normalized spacial score (nSPS) is 12.3. The third-order valence-electron chi connectivity index (χ3n) is 5.11. The van der Waals surface area contributed by atoms with Gasteiger partial charge in [-0.2, -0.15) is 4.98 Å². The van der Waals surface area contributed by atoms with Crippen molar-refractivity contribution in [1.29, 1.82) is 0 Å². The van der Waals surface area contributed by atoms with E-state index in [2.05, 4.69) is 63.4 Å². The molecule has 3 rings (SSSR count). The first-order valence-electron chi connectivity index (χ1n) is 10.5. The second-order valence-electron chi connectivity index (χ2n) is 7.47. The van der Waals surface area contributed by atoms with Gasteiger partial charge in [-0.3, -0.25) is 4.98 Å². The van der Waals surface area contributed by atoms with E-state index in [9.17, 15) is 0 Å². The summed E-state index contributed by atoms with van der Waals surface area (Å²) in [4.78, 5) is 16.0. The maximum absolute atomic E-state index is 4.67. The maximum atomic E-state index is 4.67. The zero-order chi connectivity index (χ0) is 20.6. The fourth-order valence-electron chi connectivity index (χ4n) is 3.45. The molecule has 2 heterocycles. The van der Waals surface area contributed by atoms with E-state index in [1.807, 2.05) is 37.4 Å². The standard InChI is InChI=1S/C23H32N6/c1-5-29(6-2)14-8-9-17(3)25-23-26-18(4)15-22(28-23)27-20-11-12-21-19(16-20)10-7-13-24-21/h7,10-13,15-17H,5-6,8-9,14H2,1-4H3,(H2,25,26,27,28). The lowest BCUT2D eigenvalue weighted by molar-refractivity contribution is 0.295. The Labute approximate surface area is 173 Å². The Morgan fingerprint density at radius 1 is 1.07 bits per heavy atom. The molecule has 2 N–H and O–H groups in total. The summed E-state index contributed by atoms with van der Waals surface area (Å²) in [5.41, 5.74) is 2.91. The lowest BCUT2D eigenvalue weighted by atomic mass is 10.2. The monoisotopic (exact) mass is 392 g/mol. The Morgan fingerprint density at radius 2 is 1.90 bits per heavy atom. The largest absolute Gasteiger partial charge is 0.352 e. The number of hydrogen-bond donors (Lipinski definition) is 2. The summed E-state index contributed by atoms with van der Waals surface area (Å²) in [6.07, 6.45) is 4.07. The molecule has 6 heteroatoms. The third-order valence-corrected chi connectivity index (χ3v) is 5.11. The summed E-state index contributed by atoms with van der Waals surface area (Å²) in [6.45, 7) is 12.0. The Hall–Kier alpha value is -2.73. The molecule has 2 aromatic heterocycles. The molecule has 6 nitrogen and oxygen atoms in total. The fraction of sp³-hybridized carbons (Fsp3) is 0.435. The average molecular weight is 393 g/mol. The maximum Gasteiger partial charge on any atom is 0.225 e. The summed E-state index contributed by atoms with van der Waals surface area (Å²) < 4.78 is 0. The van der Waals surface area contributed by atoms with Crippen molar-refractivity contribution in [1.82, 2.24) is 19.9 Å². The highest BCUT2D eigenvalue weighted by atomic mass is 15.2. The number of aromatic nitrogens is 3. The molecule has 3 aromatic rings. The minimum atomic E-state index is 0.326. The van der Waals surface area contributed by atoms with Gasteiger partial charge in [0.15, 0.2) is 0 Å². The molecule has 0 fully saturated rings. The molecule has 0 aliphatic heterocycles. The molecule has 0 radical (unpaired) electrons. The summed E-state index contributed by atoms with van der Waals surface area (Å²) in [6, 6.07) is 12.4. The molecule has 0 aliphatic carbocycles. The van der Waals surface area contributed by atoms with Gasteiger partial charge in [-0.05, 0) is 70.6 Å². The predicted molar refractivity (Wildman–Crippen MR) is 122 cm³/mol. The Kier molecular flexibility index (Phi) is 7.36. The fourth-order valence-corrected chi connectivity index (χ4v) is 3.45. The SMILES string of the molecule is CCN(CC)CCCC(C)Nc1nc(C)cc(Nc2ccc3ncccc3c2)n1. The molecule has 1 unspecified atom stereocenters. The Bertz CT molecular complexity index is 922. The van der Waals surface area contributed by atoms with Gasteiger partial charge in [-0.1, -0.05) is 19.9 Å². The van der Waals surface area contributed by atoms with Crippen LogP contribution in [0.5, 0.6) is 0 Å². The van der Waals surface area contributed by atoms with Crippen LogP contribution in [-0.2, 0) is 0 Å². The van der Waals surface area contributed by atoms with Crippen LogP contribution in [0.3, 0.4) is 0 Å². The van der Waals surface area contributed by atoms with Crippen molar-refractivity contribution in [2.24, 2.45) is 0 Å². The van der Waals surface area contributed by atoms with Crippen molar-refractivity contribution >= 4 is 28.4 Å². The molecule has 0 saturated carbocycles. The molecule has 0 bridgehead atoms. The molecule has 0 aliphatic rings. The van der Waals surface area contributed by atoms with E-state index >= 15 is 0 Å². The molecule has 29 heavy (non-hydrogen) atoms. The Balaban J connectivity index is 1.62. The summed E-state index contributed by atoms with van der Waals surface area (Å²) in [7, 11) is 0. The molecular weight excluding hydrogens is 360 g/mol. The summed E-state index contributed by atoms with van der Waals surface area (Å²) >= 11 is 0. The number of nitrogens with one attached hydrogen (secondary N) is 2. The van der Waals surface area contributed by atoms with Crippen LogP contribution in [0, 0.1) is 6.92 Å². The number of pyridine rings is 1. The van der Waals surface area contributed by atoms with Gasteiger partial charge >= 0.3 is 0 Å². The van der Waals surface area contributed by atoms with E-state index in [-0.39, 0.29) is 0 Å². The number of hydrogen-bond acceptors (Lipinski definition) is 6. The molecule has 0 saturated heterocycles. The minimum Gasteiger partial charge on any atom is -0.352 e. The smallest absolute Gasteiger partial charge is 0.225 e. The zero-order valence-electron chi connectivity index (χ0n) is 17.9. The molecule has 0 spiro atoms. The topological polar surface area (TPSA) is 66.0 Å². The number of fused-ring (bicyclic) bond motifs is 1. The van der Waals surface area contributed by atoms with E-state index in [1.54, 1.807) is 0 Å². The van der Waals surface area contributed by atoms with Crippen molar-refractivity contribution in [2.45, 2.75) is 46.6 Å². The van der Waals surface area contributed by atoms with Crippen molar-refractivity contribution in [3.8, 4) is 0 Å². The van der Waals surface area contributed by atoms with Crippen molar-refractivity contribution in [2.75, 3.05) is 30.3 Å². The van der Waals surface area contributed by atoms with Gasteiger partial charge in [-0.15, -0.1) is 0 Å². The van der Waals surface area contributed by atoms with E-state index in [0.29, 0.717) is 12.0 Å². The highest BCUT2D eigenvalue weighted by molar-refractivity contribution is 5.83. The van der Waals surface area contributed by atoms with Gasteiger partial charge in [0, 0.05) is 35.1 Å². The number of benzene rings is 1. The van der Waals surface area contributed by atoms with E-state index < -0.39 is 0 Å². The lowest BCUT2D eigenvalue weighted by Crippen LogP contribution is -2.26. The second kappa shape index (κ2) is 10.2. The van der Waals surface area contributed by atoms with E-state index in [0.717, 1.165) is 60.6 Å². The van der Waals surface area contributed by atoms with Gasteiger partial charge < -0.3 is 15.5 Å². The van der Waals surface area contributed by atoms with Gasteiger partial charge in [0.2, 0.25) is 5.95 Å². The van der Waals surface area contributed by atoms with Gasteiger partial charge in [0.05, 0.1) is 5.52 Å². The third kappa shape index (κ3) is 6.12. The first-order chi connectivity index (χ1) is 14.1. The van der Waals surface area contributed by atoms with Crippen LogP contribution < -0.4 is 10.6 Å². The van der Waals surface area contributed by atoms with Crippen molar-refractivity contribution < 1.29 is 0 Å². The number of aryl methyl sites for hydroxylation is 1. The van der Waals surface area contributed by atoms with Crippen LogP contribution in [0.15, 0.2) is 42.6 Å². The van der Waals surface area contributed by atoms with Gasteiger partial charge in [0.25, 0.3) is 0 Å². The number of nitrogens with zero attached hydrogens (tertiary/aromatic N) is 4. The second-order valence-corrected chi connectivity index (χ2v) is 7.47. The van der Waals surface area contributed by atoms with E-state index in [4.69, 9.17) is 0 Å². The quantitative estimate of drug-likeness (QED) is 0.506. The summed E-state index contributed by atoms with van der Waals surface area (Å²) in [5, 5.41) is 7.96. The summed E-state index contributed by atoms with van der Waals surface area (Å²) in [5.74, 6) is 1.46. The predicted octanol–water partition coefficient (Wildman–Crippen LogP) is 5.00. The van der Waals surface area contributed by atoms with Crippen LogP contribution in [0.25, 0.3) is 10.9 Å². The lowest BCUT2D eigenvalue weighted by Gasteiger charge is -2.20. The van der Waals surface area contributed by atoms with Crippen LogP contribution in [0.1, 0.15) is 39.3 Å². The van der Waals surface area contributed by atoms with Gasteiger partial charge in [-0.25, -0.2) is 4.98 Å². The zero-order valence-corrected chi connectivity index (χ0v) is 17.9. The van der Waals surface area contributed by atoms with Crippen LogP contribution >= 0.6 is 0 Å². The molecule has 0 amide bonds. The molecular formula is C23H32N6. The first kappa shape index (κ1) is 21.0. The molecule has 154 valence electrons. The number of rotatable bonds is 10. The van der Waals surface area contributed by atoms with E-state index in [1.165, 1.54) is 0 Å². The average Bonchev–Trinajstić information content (AvgIpc) is 2.70. The minimum absolute atomic E-state index is 0.326. The molecule has 1 atom stereocenters. The van der Waals surface area contributed by atoms with Crippen LogP contribution in [0.2, 0.25) is 0 Å². The first-order valence-corrected chi connectivity index (χ1v) is 10.5. The number of anilines is 3. The van der Waals surface area contributed by atoms with Crippen molar-refractivity contribution in [3.05, 3.63) is 48.3 Å². The molecule has 1 aromatic carbocycles. The highest BCUT2D eigenvalue weighted by Crippen LogP contribution is 2.21. The highest BCUT2D eigenvalue weighted by Gasteiger charge is 2.08. The Morgan fingerprint density at radius 3 is 2.69 bits per heavy atom. The van der Waals surface area contributed by atoms with Crippen LogP contribution in [0.4, 0.5) is 17.5 Å². The van der Waals surface area contributed by atoms with Gasteiger partial charge in [0.1, 0.15) is 5.82 Å². The van der Waals surface area contributed by atoms with Crippen molar-refractivity contribution in [3.63, 3.8) is 0 Å². The van der Waals surface area contributed by atoms with Crippen LogP contribution in [-0.4, -0.2) is 45.5 Å².